The number of hydrogen-bond acceptors (Lipinski definition) is 4. The van der Waals surface area contributed by atoms with Crippen LogP contribution in [0.15, 0.2) is 77.5 Å². The predicted octanol–water partition coefficient (Wildman–Crippen LogP) is 4.11. The van der Waals surface area contributed by atoms with Gasteiger partial charge in [-0.05, 0) is 23.8 Å². The Hall–Kier alpha value is -2.57. The number of benzene rings is 2. The van der Waals surface area contributed by atoms with Crippen LogP contribution in [-0.4, -0.2) is 20.9 Å². The molecule has 3 aromatic rings. The minimum atomic E-state index is 0.409. The van der Waals surface area contributed by atoms with Gasteiger partial charge in [-0.2, -0.15) is 5.10 Å². The normalized spacial score (nSPS) is 12.0. The van der Waals surface area contributed by atoms with Gasteiger partial charge in [0.25, 0.3) is 0 Å². The van der Waals surface area contributed by atoms with Crippen molar-refractivity contribution in [2.75, 3.05) is 0 Å². The molecular weight excluding hydrogens is 354 g/mol. The summed E-state index contributed by atoms with van der Waals surface area (Å²) < 4.78 is 1.88. The number of aromatic nitrogens is 2. The summed E-state index contributed by atoms with van der Waals surface area (Å²) in [6, 6.07) is 15.7. The van der Waals surface area contributed by atoms with Crippen LogP contribution in [0.4, 0.5) is 0 Å². The Morgan fingerprint density at radius 3 is 2.80 bits per heavy atom. The van der Waals surface area contributed by atoms with Crippen LogP contribution in [0, 0.1) is 0 Å². The van der Waals surface area contributed by atoms with Crippen molar-refractivity contribution in [3.63, 3.8) is 0 Å². The van der Waals surface area contributed by atoms with Crippen LogP contribution in [-0.2, 0) is 5.75 Å². The zero-order valence-electron chi connectivity index (χ0n) is 13.3. The van der Waals surface area contributed by atoms with E-state index in [2.05, 4.69) is 15.2 Å². The molecule has 0 saturated carbocycles. The fraction of sp³-hybridized carbons (Fsp3) is 0.0556. The van der Waals surface area contributed by atoms with E-state index < -0.39 is 0 Å². The zero-order chi connectivity index (χ0) is 17.5. The van der Waals surface area contributed by atoms with Crippen LogP contribution in [0.3, 0.4) is 0 Å². The van der Waals surface area contributed by atoms with E-state index in [0.717, 1.165) is 17.0 Å². The number of nitrogens with two attached hydrogens (primary N) is 1. The van der Waals surface area contributed by atoms with Crippen LogP contribution in [0.1, 0.15) is 11.1 Å². The first-order valence-corrected chi connectivity index (χ1v) is 8.90. The van der Waals surface area contributed by atoms with Gasteiger partial charge >= 0.3 is 0 Å². The Bertz CT molecular complexity index is 876. The van der Waals surface area contributed by atoms with Crippen molar-refractivity contribution >= 4 is 34.7 Å². The second kappa shape index (κ2) is 8.50. The third-order valence-corrected chi connectivity index (χ3v) is 4.55. The molecule has 7 heteroatoms. The zero-order valence-corrected chi connectivity index (χ0v) is 14.9. The maximum Gasteiger partial charge on any atom is 0.180 e. The molecule has 5 nitrogen and oxygen atoms in total. The summed E-state index contributed by atoms with van der Waals surface area (Å²) in [7, 11) is 0. The van der Waals surface area contributed by atoms with Crippen molar-refractivity contribution in [1.82, 2.24) is 9.55 Å². The van der Waals surface area contributed by atoms with Gasteiger partial charge in [0.15, 0.2) is 5.17 Å². The number of nitrogens with zero attached hydrogens (tertiary/aromatic N) is 4. The number of imidazole rings is 1. The quantitative estimate of drug-likeness (QED) is 0.418. The smallest absolute Gasteiger partial charge is 0.180 e. The summed E-state index contributed by atoms with van der Waals surface area (Å²) in [4.78, 5) is 4.02. The molecule has 0 saturated heterocycles. The number of thioether (sulfide) groups is 1. The lowest BCUT2D eigenvalue weighted by molar-refractivity contribution is 1.06. The largest absolute Gasteiger partial charge is 0.377 e. The first-order chi connectivity index (χ1) is 12.2. The average Bonchev–Trinajstić information content (AvgIpc) is 3.17. The number of amidine groups is 1. The molecule has 1 aromatic heterocycles. The number of rotatable bonds is 5. The molecule has 25 heavy (non-hydrogen) atoms. The monoisotopic (exact) mass is 369 g/mol. The van der Waals surface area contributed by atoms with E-state index in [-0.39, 0.29) is 0 Å². The van der Waals surface area contributed by atoms with E-state index in [4.69, 9.17) is 17.3 Å². The third kappa shape index (κ3) is 4.95. The van der Waals surface area contributed by atoms with Gasteiger partial charge in [-0.15, -0.1) is 5.10 Å². The maximum absolute atomic E-state index is 6.29. The van der Waals surface area contributed by atoms with Crippen LogP contribution in [0.2, 0.25) is 5.02 Å². The van der Waals surface area contributed by atoms with E-state index in [1.165, 1.54) is 17.3 Å². The van der Waals surface area contributed by atoms with Crippen molar-refractivity contribution in [1.29, 1.82) is 0 Å². The molecule has 0 amide bonds. The van der Waals surface area contributed by atoms with Crippen molar-refractivity contribution < 1.29 is 0 Å². The molecule has 0 spiro atoms. The van der Waals surface area contributed by atoms with Crippen molar-refractivity contribution in [3.05, 3.63) is 83.4 Å². The molecule has 0 fully saturated rings. The summed E-state index contributed by atoms with van der Waals surface area (Å²) in [5, 5.41) is 9.01. The number of hydrogen-bond donors (Lipinski definition) is 1. The molecule has 126 valence electrons. The van der Waals surface area contributed by atoms with Gasteiger partial charge in [0, 0.05) is 29.4 Å². The van der Waals surface area contributed by atoms with E-state index in [1.807, 2.05) is 59.3 Å². The van der Waals surface area contributed by atoms with Gasteiger partial charge in [0.1, 0.15) is 0 Å². The Labute approximate surface area is 155 Å². The van der Waals surface area contributed by atoms with Crippen molar-refractivity contribution in [2.45, 2.75) is 5.75 Å². The molecule has 0 aliphatic heterocycles. The molecule has 2 N–H and O–H groups in total. The molecule has 0 bridgehead atoms. The second-order valence-electron chi connectivity index (χ2n) is 5.13. The van der Waals surface area contributed by atoms with Crippen molar-refractivity contribution in [3.8, 4) is 5.69 Å². The molecule has 1 heterocycles. The Morgan fingerprint density at radius 1 is 1.24 bits per heavy atom. The summed E-state index contributed by atoms with van der Waals surface area (Å²) in [5.74, 6) is 0.756. The standard InChI is InChI=1S/C18H16ClN5S/c19-17-10-16(24-9-8-21-13-24)7-6-15(17)11-22-23-18(20)25-12-14-4-2-1-3-5-14/h1-11,13H,12H2,(H2,20,23). The Balaban J connectivity index is 1.61. The lowest BCUT2D eigenvalue weighted by Crippen LogP contribution is -2.06. The van der Waals surface area contributed by atoms with Gasteiger partial charge in [-0.1, -0.05) is 53.7 Å². The lowest BCUT2D eigenvalue weighted by Gasteiger charge is -2.04. The maximum atomic E-state index is 6.29. The first kappa shape index (κ1) is 17.3. The van der Waals surface area contributed by atoms with Crippen LogP contribution in [0.5, 0.6) is 0 Å². The van der Waals surface area contributed by atoms with Crippen LogP contribution >= 0.6 is 23.4 Å². The molecule has 2 aromatic carbocycles. The van der Waals surface area contributed by atoms with Gasteiger partial charge < -0.3 is 10.3 Å². The minimum absolute atomic E-state index is 0.409. The highest BCUT2D eigenvalue weighted by molar-refractivity contribution is 8.13. The summed E-state index contributed by atoms with van der Waals surface area (Å²) in [5.41, 5.74) is 8.76. The van der Waals surface area contributed by atoms with Gasteiger partial charge in [0.05, 0.1) is 17.6 Å². The third-order valence-electron chi connectivity index (χ3n) is 3.37. The van der Waals surface area contributed by atoms with Crippen molar-refractivity contribution in [2.24, 2.45) is 15.9 Å². The van der Waals surface area contributed by atoms with E-state index in [9.17, 15) is 0 Å². The predicted molar refractivity (Wildman–Crippen MR) is 106 cm³/mol. The van der Waals surface area contributed by atoms with E-state index in [1.54, 1.807) is 18.7 Å². The minimum Gasteiger partial charge on any atom is -0.377 e. The highest BCUT2D eigenvalue weighted by atomic mass is 35.5. The SMILES string of the molecule is NC(=NN=Cc1ccc(-n2ccnc2)cc1Cl)SCc1ccccc1. The second-order valence-corrected chi connectivity index (χ2v) is 6.54. The molecule has 3 rings (SSSR count). The molecule has 0 radical (unpaired) electrons. The fourth-order valence-electron chi connectivity index (χ4n) is 2.10. The molecule has 0 aliphatic rings. The molecule has 0 unspecified atom stereocenters. The van der Waals surface area contributed by atoms with Gasteiger partial charge in [-0.25, -0.2) is 4.98 Å². The van der Waals surface area contributed by atoms with Gasteiger partial charge in [0.2, 0.25) is 0 Å². The lowest BCUT2D eigenvalue weighted by atomic mass is 10.2. The summed E-state index contributed by atoms with van der Waals surface area (Å²) in [6.07, 6.45) is 6.88. The van der Waals surface area contributed by atoms with E-state index >= 15 is 0 Å². The highest BCUT2D eigenvalue weighted by Crippen LogP contribution is 2.19. The first-order valence-electron chi connectivity index (χ1n) is 7.53. The fourth-order valence-corrected chi connectivity index (χ4v) is 2.94. The molecule has 0 atom stereocenters. The van der Waals surface area contributed by atoms with E-state index in [0.29, 0.717) is 10.2 Å². The summed E-state index contributed by atoms with van der Waals surface area (Å²) >= 11 is 7.73. The Morgan fingerprint density at radius 2 is 2.08 bits per heavy atom. The topological polar surface area (TPSA) is 68.6 Å². The molecule has 0 aliphatic carbocycles. The summed E-state index contributed by atoms with van der Waals surface area (Å²) in [6.45, 7) is 0. The highest BCUT2D eigenvalue weighted by Gasteiger charge is 2.01. The van der Waals surface area contributed by atoms with Gasteiger partial charge in [-0.3, -0.25) is 0 Å². The number of halogens is 1. The molecular formula is C18H16ClN5S. The Kier molecular flexibility index (Phi) is 5.87. The average molecular weight is 370 g/mol. The van der Waals surface area contributed by atoms with Crippen LogP contribution in [0.25, 0.3) is 5.69 Å². The van der Waals surface area contributed by atoms with Crippen LogP contribution < -0.4 is 5.73 Å².